The van der Waals surface area contributed by atoms with E-state index in [-0.39, 0.29) is 12.1 Å². The van der Waals surface area contributed by atoms with Crippen LogP contribution in [0.2, 0.25) is 0 Å². The molecule has 1 fully saturated rings. The maximum absolute atomic E-state index is 5.77. The molecule has 2 atom stereocenters. The molecule has 0 unspecified atom stereocenters. The molecule has 0 spiro atoms. The van der Waals surface area contributed by atoms with Gasteiger partial charge in [0.25, 0.3) is 0 Å². The van der Waals surface area contributed by atoms with Gasteiger partial charge in [0.05, 0.1) is 42.5 Å². The predicted octanol–water partition coefficient (Wildman–Crippen LogP) is 4.65. The second kappa shape index (κ2) is 8.00. The van der Waals surface area contributed by atoms with Crippen LogP contribution in [0, 0.1) is 13.8 Å². The van der Waals surface area contributed by atoms with Gasteiger partial charge in [0, 0.05) is 23.8 Å². The summed E-state index contributed by atoms with van der Waals surface area (Å²) in [5.41, 5.74) is 5.52. The lowest BCUT2D eigenvalue weighted by Gasteiger charge is -2.27. The van der Waals surface area contributed by atoms with Crippen LogP contribution in [0.1, 0.15) is 40.5 Å². The molecule has 5 heterocycles. The van der Waals surface area contributed by atoms with E-state index in [0.717, 1.165) is 28.5 Å². The molecule has 1 aliphatic heterocycles. The third-order valence-electron chi connectivity index (χ3n) is 5.80. The van der Waals surface area contributed by atoms with Crippen LogP contribution in [0.5, 0.6) is 0 Å². The van der Waals surface area contributed by atoms with E-state index < -0.39 is 0 Å². The summed E-state index contributed by atoms with van der Waals surface area (Å²) in [4.78, 5) is 11.1. The summed E-state index contributed by atoms with van der Waals surface area (Å²) < 4.78 is 7.88. The van der Waals surface area contributed by atoms with Gasteiger partial charge < -0.3 is 19.2 Å². The molecule has 4 aromatic rings. The fourth-order valence-corrected chi connectivity index (χ4v) is 4.76. The molecule has 4 aromatic heterocycles. The molecule has 31 heavy (non-hydrogen) atoms. The second-order valence-corrected chi connectivity index (χ2v) is 8.09. The topological polar surface area (TPSA) is 59.1 Å². The van der Waals surface area contributed by atoms with Crippen LogP contribution >= 0.6 is 12.2 Å². The Balaban J connectivity index is 1.62. The van der Waals surface area contributed by atoms with Gasteiger partial charge in [-0.15, -0.1) is 0 Å². The van der Waals surface area contributed by atoms with Gasteiger partial charge in [-0.05, 0) is 74.1 Å². The molecular weight excluding hydrogens is 406 g/mol. The number of furan rings is 1. The van der Waals surface area contributed by atoms with Gasteiger partial charge in [0.2, 0.25) is 0 Å². The van der Waals surface area contributed by atoms with E-state index >= 15 is 0 Å². The lowest BCUT2D eigenvalue weighted by atomic mass is 9.96. The molecule has 5 rings (SSSR count). The minimum absolute atomic E-state index is 0.0240. The van der Waals surface area contributed by atoms with E-state index in [4.69, 9.17) is 16.6 Å². The first kappa shape index (κ1) is 19.5. The standard InChI is InChI=1S/C24H23N5OS/c1-16-13-20(17(2)29(16)18-7-5-10-25-14-18)23-22(21-9-3-4-11-26-21)27-24(31)28(23)15-19-8-6-12-30-19/h3-14,22-23H,15H2,1-2H3,(H,27,31)/t22-,23-/m1/s1. The van der Waals surface area contributed by atoms with Gasteiger partial charge in [-0.3, -0.25) is 9.97 Å². The summed E-state index contributed by atoms with van der Waals surface area (Å²) in [6.45, 7) is 4.86. The molecule has 0 saturated carbocycles. The number of thiocarbonyl (C=S) groups is 1. The van der Waals surface area contributed by atoms with Gasteiger partial charge in [-0.1, -0.05) is 6.07 Å². The highest BCUT2D eigenvalue weighted by molar-refractivity contribution is 7.80. The molecule has 0 radical (unpaired) electrons. The minimum atomic E-state index is -0.0634. The first-order valence-electron chi connectivity index (χ1n) is 10.2. The minimum Gasteiger partial charge on any atom is -0.467 e. The van der Waals surface area contributed by atoms with E-state index in [1.54, 1.807) is 12.5 Å². The van der Waals surface area contributed by atoms with Crippen molar-refractivity contribution in [1.82, 2.24) is 24.8 Å². The predicted molar refractivity (Wildman–Crippen MR) is 123 cm³/mol. The fraction of sp³-hybridized carbons (Fsp3) is 0.208. The van der Waals surface area contributed by atoms with Crippen molar-refractivity contribution in [2.24, 2.45) is 0 Å². The summed E-state index contributed by atoms with van der Waals surface area (Å²) in [7, 11) is 0. The Morgan fingerprint density at radius 2 is 2.00 bits per heavy atom. The van der Waals surface area contributed by atoms with Gasteiger partial charge in [-0.25, -0.2) is 0 Å². The molecule has 0 bridgehead atoms. The Bertz CT molecular complexity index is 1190. The Morgan fingerprint density at radius 1 is 1.10 bits per heavy atom. The summed E-state index contributed by atoms with van der Waals surface area (Å²) in [5, 5.41) is 4.21. The number of pyridine rings is 2. The molecule has 0 aromatic carbocycles. The molecule has 7 heteroatoms. The molecule has 1 N–H and O–H groups in total. The molecule has 1 saturated heterocycles. The summed E-state index contributed by atoms with van der Waals surface area (Å²) in [6.07, 6.45) is 7.20. The lowest BCUT2D eigenvalue weighted by Crippen LogP contribution is -2.29. The van der Waals surface area contributed by atoms with Gasteiger partial charge >= 0.3 is 0 Å². The highest BCUT2D eigenvalue weighted by Crippen LogP contribution is 2.42. The molecule has 156 valence electrons. The van der Waals surface area contributed by atoms with Crippen molar-refractivity contribution in [2.75, 3.05) is 0 Å². The van der Waals surface area contributed by atoms with Gasteiger partial charge in [0.15, 0.2) is 5.11 Å². The van der Waals surface area contributed by atoms with Crippen LogP contribution in [0.25, 0.3) is 5.69 Å². The van der Waals surface area contributed by atoms with E-state index in [9.17, 15) is 0 Å². The van der Waals surface area contributed by atoms with Crippen LogP contribution in [0.15, 0.2) is 77.8 Å². The number of aryl methyl sites for hydroxylation is 1. The Hall–Kier alpha value is -3.45. The van der Waals surface area contributed by atoms with E-state index in [2.05, 4.69) is 50.7 Å². The van der Waals surface area contributed by atoms with Crippen LogP contribution in [0.4, 0.5) is 0 Å². The van der Waals surface area contributed by atoms with Crippen molar-refractivity contribution in [3.8, 4) is 5.69 Å². The van der Waals surface area contributed by atoms with Crippen molar-refractivity contribution >= 4 is 17.3 Å². The largest absolute Gasteiger partial charge is 0.467 e. The zero-order valence-corrected chi connectivity index (χ0v) is 18.2. The van der Waals surface area contributed by atoms with Crippen molar-refractivity contribution in [2.45, 2.75) is 32.5 Å². The van der Waals surface area contributed by atoms with Gasteiger partial charge in [-0.2, -0.15) is 0 Å². The Kier molecular flexibility index (Phi) is 5.03. The number of hydrogen-bond donors (Lipinski definition) is 1. The number of nitrogens with one attached hydrogen (secondary N) is 1. The van der Waals surface area contributed by atoms with Gasteiger partial charge in [0.1, 0.15) is 5.76 Å². The smallest absolute Gasteiger partial charge is 0.170 e. The Labute approximate surface area is 186 Å². The lowest BCUT2D eigenvalue weighted by molar-refractivity contribution is 0.286. The number of hydrogen-bond acceptors (Lipinski definition) is 4. The Morgan fingerprint density at radius 3 is 2.71 bits per heavy atom. The SMILES string of the molecule is Cc1cc([C@@H]2[C@@H](c3ccccn3)NC(=S)N2Cc2ccco2)c(C)n1-c1cccnc1. The summed E-state index contributed by atoms with van der Waals surface area (Å²) in [6, 6.07) is 16.1. The fourth-order valence-electron chi connectivity index (χ4n) is 4.46. The zero-order valence-electron chi connectivity index (χ0n) is 17.4. The van der Waals surface area contributed by atoms with Crippen LogP contribution in [-0.2, 0) is 6.54 Å². The quantitative estimate of drug-likeness (QED) is 0.466. The zero-order chi connectivity index (χ0) is 21.4. The molecule has 6 nitrogen and oxygen atoms in total. The third kappa shape index (κ3) is 3.51. The number of aromatic nitrogens is 3. The highest BCUT2D eigenvalue weighted by Gasteiger charge is 2.41. The van der Waals surface area contributed by atoms with Crippen molar-refractivity contribution in [3.05, 3.63) is 102 Å². The van der Waals surface area contributed by atoms with E-state index in [1.165, 1.54) is 5.56 Å². The monoisotopic (exact) mass is 429 g/mol. The van der Waals surface area contributed by atoms with Crippen LogP contribution in [-0.4, -0.2) is 24.5 Å². The summed E-state index contributed by atoms with van der Waals surface area (Å²) >= 11 is 5.77. The molecular formula is C24H23N5OS. The van der Waals surface area contributed by atoms with E-state index in [0.29, 0.717) is 11.7 Å². The molecule has 0 amide bonds. The van der Waals surface area contributed by atoms with Crippen molar-refractivity contribution < 1.29 is 4.42 Å². The van der Waals surface area contributed by atoms with Crippen LogP contribution < -0.4 is 5.32 Å². The normalized spacial score (nSPS) is 18.4. The summed E-state index contributed by atoms with van der Waals surface area (Å²) in [5.74, 6) is 0.872. The average molecular weight is 430 g/mol. The maximum Gasteiger partial charge on any atom is 0.170 e. The number of rotatable bonds is 5. The third-order valence-corrected chi connectivity index (χ3v) is 6.15. The highest BCUT2D eigenvalue weighted by atomic mass is 32.1. The first-order valence-corrected chi connectivity index (χ1v) is 10.6. The maximum atomic E-state index is 5.77. The molecule has 0 aliphatic carbocycles. The van der Waals surface area contributed by atoms with Crippen molar-refractivity contribution in [1.29, 1.82) is 0 Å². The average Bonchev–Trinajstić information content (AvgIpc) is 3.49. The van der Waals surface area contributed by atoms with Crippen molar-refractivity contribution in [3.63, 3.8) is 0 Å². The van der Waals surface area contributed by atoms with Crippen LogP contribution in [0.3, 0.4) is 0 Å². The molecule has 1 aliphatic rings. The van der Waals surface area contributed by atoms with E-state index in [1.807, 2.05) is 48.8 Å². The second-order valence-electron chi connectivity index (χ2n) is 7.71. The first-order chi connectivity index (χ1) is 15.1. The number of nitrogens with zero attached hydrogens (tertiary/aromatic N) is 4.